The molecule has 178 valence electrons. The summed E-state index contributed by atoms with van der Waals surface area (Å²) >= 11 is 0. The number of carbonyl (C=O) groups is 3. The molecule has 0 aromatic rings. The Morgan fingerprint density at radius 1 is 1.22 bits per heavy atom. The molecule has 0 radical (unpaired) electrons. The quantitative estimate of drug-likeness (QED) is 0.342. The van der Waals surface area contributed by atoms with Gasteiger partial charge in [-0.1, -0.05) is 18.6 Å². The summed E-state index contributed by atoms with van der Waals surface area (Å²) in [5.41, 5.74) is -1.06. The van der Waals surface area contributed by atoms with Crippen LogP contribution >= 0.6 is 0 Å². The molecule has 7 atom stereocenters. The lowest BCUT2D eigenvalue weighted by molar-refractivity contribution is -0.178. The lowest BCUT2D eigenvalue weighted by Gasteiger charge is -2.51. The van der Waals surface area contributed by atoms with Gasteiger partial charge in [0.15, 0.2) is 0 Å². The highest BCUT2D eigenvalue weighted by Gasteiger charge is 2.79. The van der Waals surface area contributed by atoms with Gasteiger partial charge in [0, 0.05) is 5.92 Å². The van der Waals surface area contributed by atoms with E-state index in [1.165, 1.54) is 19.8 Å². The van der Waals surface area contributed by atoms with Gasteiger partial charge in [0.1, 0.15) is 0 Å². The first-order chi connectivity index (χ1) is 14.9. The molecule has 7 heteroatoms. The van der Waals surface area contributed by atoms with Crippen LogP contribution in [0.2, 0.25) is 19.6 Å². The van der Waals surface area contributed by atoms with Gasteiger partial charge in [-0.2, -0.15) is 0 Å². The summed E-state index contributed by atoms with van der Waals surface area (Å²) in [6.45, 7) is 12.3. The van der Waals surface area contributed by atoms with Crippen molar-refractivity contribution in [3.05, 3.63) is 12.2 Å². The van der Waals surface area contributed by atoms with E-state index in [2.05, 4.69) is 6.58 Å². The Morgan fingerprint density at radius 3 is 2.50 bits per heavy atom. The molecule has 0 heterocycles. The van der Waals surface area contributed by atoms with E-state index in [9.17, 15) is 14.4 Å². The number of allylic oxidation sites excluding steroid dienone is 1. The highest BCUT2D eigenvalue weighted by molar-refractivity contribution is 6.71. The Morgan fingerprint density at radius 2 is 1.91 bits per heavy atom. The van der Waals surface area contributed by atoms with Gasteiger partial charge in [-0.3, -0.25) is 14.4 Å². The molecule has 3 unspecified atom stereocenters. The SMILES string of the molecule is C=C1C[C@]23CC1[14CH2]C[C@H]2C1(C(=O)O[Si](C)(C)C)[14CH2]CC[C@@](C)([14C](=O)OC)C1[C@@H]3[14C](=O)OC. The van der Waals surface area contributed by atoms with E-state index in [4.69, 9.17) is 13.9 Å². The third-order valence-electron chi connectivity index (χ3n) is 9.25. The minimum atomic E-state index is -2.20. The second kappa shape index (κ2) is 7.44. The lowest BCUT2D eigenvalue weighted by atomic mass is 9.65. The van der Waals surface area contributed by atoms with Gasteiger partial charge in [0.25, 0.3) is 5.97 Å². The van der Waals surface area contributed by atoms with Crippen LogP contribution in [0.5, 0.6) is 0 Å². The van der Waals surface area contributed by atoms with Crippen molar-refractivity contribution >= 4 is 26.2 Å². The van der Waals surface area contributed by atoms with Gasteiger partial charge in [-0.15, -0.1) is 0 Å². The topological polar surface area (TPSA) is 78.9 Å². The zero-order valence-corrected chi connectivity index (χ0v) is 21.4. The predicted molar refractivity (Wildman–Crippen MR) is 122 cm³/mol. The molecule has 4 aliphatic carbocycles. The Bertz CT molecular complexity index is 861. The maximum absolute atomic E-state index is 14.2. The summed E-state index contributed by atoms with van der Waals surface area (Å²) < 4.78 is 16.9. The van der Waals surface area contributed by atoms with E-state index >= 15 is 0 Å². The molecule has 0 N–H and O–H groups in total. The average Bonchev–Trinajstić information content (AvgIpc) is 3.13. The second-order valence-electron chi connectivity index (χ2n) is 11.9. The van der Waals surface area contributed by atoms with Crippen LogP contribution in [0.15, 0.2) is 12.2 Å². The monoisotopic (exact) mass is 470 g/mol. The average molecular weight is 471 g/mol. The van der Waals surface area contributed by atoms with Gasteiger partial charge in [0.05, 0.1) is 31.0 Å². The van der Waals surface area contributed by atoms with Crippen LogP contribution in [0.4, 0.5) is 0 Å². The second-order valence-corrected chi connectivity index (χ2v) is 16.3. The summed E-state index contributed by atoms with van der Waals surface area (Å²) in [5, 5.41) is 0. The molecule has 0 amide bonds. The number of hydrogen-bond acceptors (Lipinski definition) is 6. The van der Waals surface area contributed by atoms with Crippen molar-refractivity contribution in [2.24, 2.45) is 39.9 Å². The van der Waals surface area contributed by atoms with Crippen molar-refractivity contribution < 1.29 is 28.3 Å². The van der Waals surface area contributed by atoms with E-state index in [0.717, 1.165) is 32.1 Å². The Kier molecular flexibility index (Phi) is 5.47. The first-order valence-corrected chi connectivity index (χ1v) is 15.4. The first-order valence-electron chi connectivity index (χ1n) is 11.9. The van der Waals surface area contributed by atoms with Crippen LogP contribution in [0.3, 0.4) is 0 Å². The van der Waals surface area contributed by atoms with Crippen LogP contribution in [-0.2, 0) is 28.3 Å². The van der Waals surface area contributed by atoms with Crippen molar-refractivity contribution in [1.29, 1.82) is 0 Å². The van der Waals surface area contributed by atoms with Crippen LogP contribution in [0, 0.1) is 39.9 Å². The normalized spacial score (nSPS) is 42.6. The number of carbonyl (C=O) groups excluding carboxylic acids is 3. The number of methoxy groups -OCH3 is 2. The molecule has 0 saturated heterocycles. The highest BCUT2D eigenvalue weighted by atomic mass is 28.4. The zero-order valence-electron chi connectivity index (χ0n) is 20.4. The molecular weight excluding hydrogens is 432 g/mol. The smallest absolute Gasteiger partial charge is 0.311 e. The van der Waals surface area contributed by atoms with E-state index in [-0.39, 0.29) is 23.8 Å². The molecule has 0 aromatic heterocycles. The van der Waals surface area contributed by atoms with Crippen LogP contribution in [-0.4, -0.2) is 40.4 Å². The maximum Gasteiger partial charge on any atom is 0.311 e. The molecule has 4 rings (SSSR count). The predicted octanol–water partition coefficient (Wildman–Crippen LogP) is 4.50. The van der Waals surface area contributed by atoms with Crippen molar-refractivity contribution in [2.75, 3.05) is 14.2 Å². The summed E-state index contributed by atoms with van der Waals surface area (Å²) in [5.74, 6) is -1.55. The molecule has 2 bridgehead atoms. The molecule has 4 aliphatic rings. The molecule has 4 fully saturated rings. The Hall–Kier alpha value is -1.63. The van der Waals surface area contributed by atoms with Crippen molar-refractivity contribution in [3.63, 3.8) is 0 Å². The third-order valence-corrected chi connectivity index (χ3v) is 10.0. The van der Waals surface area contributed by atoms with Crippen molar-refractivity contribution in [1.82, 2.24) is 0 Å². The third kappa shape index (κ3) is 2.98. The number of fused-ring (bicyclic) bond motifs is 3. The molecule has 1 spiro atoms. The Labute approximate surface area is 192 Å². The van der Waals surface area contributed by atoms with Crippen molar-refractivity contribution in [2.45, 2.75) is 71.5 Å². The summed E-state index contributed by atoms with van der Waals surface area (Å²) in [7, 11) is 0.605. The lowest BCUT2D eigenvalue weighted by Crippen LogP contribution is -2.56. The highest BCUT2D eigenvalue weighted by Crippen LogP contribution is 2.78. The fourth-order valence-electron chi connectivity index (χ4n) is 8.41. The minimum Gasteiger partial charge on any atom is -0.519 e. The largest absolute Gasteiger partial charge is 0.519 e. The van der Waals surface area contributed by atoms with Gasteiger partial charge in [0.2, 0.25) is 8.32 Å². The number of ether oxygens (including phenoxy) is 2. The molecule has 32 heavy (non-hydrogen) atoms. The number of esters is 2. The first kappa shape index (κ1) is 23.5. The number of rotatable bonds is 4. The van der Waals surface area contributed by atoms with Gasteiger partial charge < -0.3 is 13.9 Å². The maximum atomic E-state index is 14.2. The summed E-state index contributed by atoms with van der Waals surface area (Å²) in [4.78, 5) is 41.0. The van der Waals surface area contributed by atoms with Crippen LogP contribution < -0.4 is 0 Å². The fraction of sp³-hybridized carbons (Fsp3) is 0.800. The molecular formula is C25H38O6Si. The molecule has 4 saturated carbocycles. The standard InChI is InChI=1S/C25H38O6Si/c1-15-13-24-14-16(15)9-10-17(24)25(22(28)31-32(5,6)7)12-8-11-23(2,21(27)30-4)19(25)18(24)20(26)29-3/h16-19H,1,8-14H2,2-7H3/t16?,17-,18-,19?,23-,24+,25?/m1/s1/i9+2,12+2,20+2,21+2. The fourth-order valence-corrected chi connectivity index (χ4v) is 9.16. The van der Waals surface area contributed by atoms with E-state index < -0.39 is 36.4 Å². The van der Waals surface area contributed by atoms with Crippen molar-refractivity contribution in [3.8, 4) is 0 Å². The number of hydrogen-bond donors (Lipinski definition) is 0. The van der Waals surface area contributed by atoms with Gasteiger partial charge in [-0.05, 0) is 82.3 Å². The molecule has 6 nitrogen and oxygen atoms in total. The van der Waals surface area contributed by atoms with Crippen LogP contribution in [0.25, 0.3) is 0 Å². The van der Waals surface area contributed by atoms with Gasteiger partial charge in [-0.25, -0.2) is 0 Å². The van der Waals surface area contributed by atoms with E-state index in [1.807, 2.05) is 26.6 Å². The Balaban J connectivity index is 1.98. The molecule has 0 aliphatic heterocycles. The summed E-state index contributed by atoms with van der Waals surface area (Å²) in [6, 6.07) is 0. The van der Waals surface area contributed by atoms with Crippen LogP contribution in [0.1, 0.15) is 51.9 Å². The minimum absolute atomic E-state index is 0.0206. The van der Waals surface area contributed by atoms with E-state index in [0.29, 0.717) is 18.8 Å². The molecule has 0 aromatic carbocycles. The summed E-state index contributed by atoms with van der Waals surface area (Å²) in [6.07, 6.45) is 5.35. The zero-order chi connectivity index (χ0) is 23.7. The van der Waals surface area contributed by atoms with Gasteiger partial charge >= 0.3 is 11.9 Å². The van der Waals surface area contributed by atoms with E-state index in [1.54, 1.807) is 0 Å².